The van der Waals surface area contributed by atoms with Gasteiger partial charge in [0.2, 0.25) is 0 Å². The number of benzene rings is 2. The molecule has 136 valence electrons. The number of aryl methyl sites for hydroxylation is 1. The molecule has 0 atom stereocenters. The topological polar surface area (TPSA) is 49.6 Å². The minimum absolute atomic E-state index is 0. The highest BCUT2D eigenvalue weighted by atomic mass is 35.5. The Kier molecular flexibility index (Phi) is 8.23. The van der Waals surface area contributed by atoms with Crippen LogP contribution in [0.15, 0.2) is 48.5 Å². The van der Waals surface area contributed by atoms with E-state index in [0.717, 1.165) is 32.7 Å². The minimum Gasteiger partial charge on any atom is -0.399 e. The molecule has 0 aliphatic carbocycles. The normalized spacial score (nSPS) is 14.4. The monoisotopic (exact) mass is 381 g/mol. The summed E-state index contributed by atoms with van der Waals surface area (Å²) >= 11 is 0. The van der Waals surface area contributed by atoms with Gasteiger partial charge in [0.25, 0.3) is 5.91 Å². The van der Waals surface area contributed by atoms with Gasteiger partial charge in [-0.3, -0.25) is 9.69 Å². The zero-order valence-electron chi connectivity index (χ0n) is 14.4. The van der Waals surface area contributed by atoms with Crippen LogP contribution in [0.4, 0.5) is 5.69 Å². The number of hydrogen-bond donors (Lipinski definition) is 1. The van der Waals surface area contributed by atoms with E-state index in [1.54, 1.807) is 12.1 Å². The summed E-state index contributed by atoms with van der Waals surface area (Å²) in [5, 5.41) is 0. The summed E-state index contributed by atoms with van der Waals surface area (Å²) in [7, 11) is 0. The third-order valence-corrected chi connectivity index (χ3v) is 4.45. The quantitative estimate of drug-likeness (QED) is 0.828. The molecular weight excluding hydrogens is 357 g/mol. The van der Waals surface area contributed by atoms with E-state index < -0.39 is 0 Å². The second kappa shape index (κ2) is 9.66. The zero-order valence-corrected chi connectivity index (χ0v) is 16.0. The van der Waals surface area contributed by atoms with E-state index in [9.17, 15) is 4.79 Å². The molecule has 2 aromatic rings. The summed E-state index contributed by atoms with van der Waals surface area (Å²) in [6, 6.07) is 15.7. The van der Waals surface area contributed by atoms with Crippen molar-refractivity contribution in [2.24, 2.45) is 0 Å². The van der Waals surface area contributed by atoms with Crippen LogP contribution in [0, 0.1) is 6.92 Å². The molecule has 1 saturated heterocycles. The fourth-order valence-electron chi connectivity index (χ4n) is 2.99. The maximum Gasteiger partial charge on any atom is 0.254 e. The van der Waals surface area contributed by atoms with Crippen LogP contribution in [0.2, 0.25) is 0 Å². The number of anilines is 1. The van der Waals surface area contributed by atoms with Crippen LogP contribution in [-0.4, -0.2) is 41.9 Å². The Morgan fingerprint density at radius 2 is 1.68 bits per heavy atom. The van der Waals surface area contributed by atoms with Crippen molar-refractivity contribution < 1.29 is 4.79 Å². The van der Waals surface area contributed by atoms with Crippen LogP contribution in [-0.2, 0) is 6.54 Å². The van der Waals surface area contributed by atoms with Crippen molar-refractivity contribution in [1.29, 1.82) is 0 Å². The molecule has 6 heteroatoms. The number of hydrogen-bond acceptors (Lipinski definition) is 3. The molecule has 0 unspecified atom stereocenters. The maximum absolute atomic E-state index is 12.5. The van der Waals surface area contributed by atoms with E-state index in [2.05, 4.69) is 36.1 Å². The van der Waals surface area contributed by atoms with E-state index >= 15 is 0 Å². The molecule has 4 nitrogen and oxygen atoms in total. The average molecular weight is 382 g/mol. The SMILES string of the molecule is Cc1ccccc1CN1CCN(C(=O)c2cccc(N)c2)CC1.Cl.Cl. The van der Waals surface area contributed by atoms with Crippen LogP contribution >= 0.6 is 24.8 Å². The van der Waals surface area contributed by atoms with Crippen molar-refractivity contribution in [3.05, 3.63) is 65.2 Å². The molecule has 0 saturated carbocycles. The molecule has 1 amide bonds. The Morgan fingerprint density at radius 1 is 1.00 bits per heavy atom. The number of nitrogens with two attached hydrogens (primary N) is 1. The van der Waals surface area contributed by atoms with Gasteiger partial charge in [-0.1, -0.05) is 30.3 Å². The van der Waals surface area contributed by atoms with Gasteiger partial charge >= 0.3 is 0 Å². The molecule has 0 aromatic heterocycles. The first-order chi connectivity index (χ1) is 11.1. The second-order valence-electron chi connectivity index (χ2n) is 6.12. The van der Waals surface area contributed by atoms with Gasteiger partial charge in [0.15, 0.2) is 0 Å². The Bertz CT molecular complexity index is 701. The smallest absolute Gasteiger partial charge is 0.254 e. The molecular formula is C19H25Cl2N3O. The third-order valence-electron chi connectivity index (χ3n) is 4.45. The highest BCUT2D eigenvalue weighted by Gasteiger charge is 2.22. The molecule has 2 N–H and O–H groups in total. The van der Waals surface area contributed by atoms with E-state index in [1.165, 1.54) is 11.1 Å². The zero-order chi connectivity index (χ0) is 16.2. The lowest BCUT2D eigenvalue weighted by molar-refractivity contribution is 0.0628. The van der Waals surface area contributed by atoms with Crippen molar-refractivity contribution in [3.63, 3.8) is 0 Å². The lowest BCUT2D eigenvalue weighted by atomic mass is 10.1. The lowest BCUT2D eigenvalue weighted by Crippen LogP contribution is -2.48. The Morgan fingerprint density at radius 3 is 2.32 bits per heavy atom. The number of piperazine rings is 1. The third kappa shape index (κ3) is 5.36. The summed E-state index contributed by atoms with van der Waals surface area (Å²) in [5.41, 5.74) is 9.77. The first kappa shape index (κ1) is 21.3. The van der Waals surface area contributed by atoms with Crippen LogP contribution < -0.4 is 5.73 Å². The van der Waals surface area contributed by atoms with Crippen LogP contribution in [0.25, 0.3) is 0 Å². The summed E-state index contributed by atoms with van der Waals surface area (Å²) in [6.07, 6.45) is 0. The molecule has 3 rings (SSSR count). The molecule has 2 aromatic carbocycles. The fourth-order valence-corrected chi connectivity index (χ4v) is 2.99. The second-order valence-corrected chi connectivity index (χ2v) is 6.12. The number of halogens is 2. The number of carbonyl (C=O) groups excluding carboxylic acids is 1. The van der Waals surface area contributed by atoms with Gasteiger partial charge in [-0.15, -0.1) is 24.8 Å². The summed E-state index contributed by atoms with van der Waals surface area (Å²) < 4.78 is 0. The van der Waals surface area contributed by atoms with Crippen molar-refractivity contribution in [1.82, 2.24) is 9.80 Å². The number of nitrogen functional groups attached to an aromatic ring is 1. The van der Waals surface area contributed by atoms with E-state index in [4.69, 9.17) is 5.73 Å². The maximum atomic E-state index is 12.5. The van der Waals surface area contributed by atoms with Gasteiger partial charge in [-0.2, -0.15) is 0 Å². The Labute approximate surface area is 161 Å². The van der Waals surface area contributed by atoms with E-state index in [-0.39, 0.29) is 30.7 Å². The molecule has 0 bridgehead atoms. The summed E-state index contributed by atoms with van der Waals surface area (Å²) in [5.74, 6) is 0.0767. The standard InChI is InChI=1S/C19H23N3O.2ClH/c1-15-5-2-3-6-17(15)14-21-9-11-22(12-10-21)19(23)16-7-4-8-18(20)13-16;;/h2-8,13H,9-12,14,20H2,1H3;2*1H. The first-order valence-corrected chi connectivity index (χ1v) is 8.05. The highest BCUT2D eigenvalue weighted by molar-refractivity contribution is 5.95. The highest BCUT2D eigenvalue weighted by Crippen LogP contribution is 2.15. The molecule has 1 aliphatic heterocycles. The molecule has 25 heavy (non-hydrogen) atoms. The number of rotatable bonds is 3. The van der Waals surface area contributed by atoms with Crippen molar-refractivity contribution in [2.45, 2.75) is 13.5 Å². The number of carbonyl (C=O) groups is 1. The van der Waals surface area contributed by atoms with Crippen molar-refractivity contribution in [3.8, 4) is 0 Å². The van der Waals surface area contributed by atoms with Crippen LogP contribution in [0.5, 0.6) is 0 Å². The van der Waals surface area contributed by atoms with E-state index in [0.29, 0.717) is 11.3 Å². The van der Waals surface area contributed by atoms with Gasteiger partial charge in [-0.25, -0.2) is 0 Å². The number of amides is 1. The summed E-state index contributed by atoms with van der Waals surface area (Å²) in [6.45, 7) is 6.44. The van der Waals surface area contributed by atoms with Gasteiger partial charge in [0, 0.05) is 44.0 Å². The fraction of sp³-hybridized carbons (Fsp3) is 0.316. The average Bonchev–Trinajstić information content (AvgIpc) is 2.57. The van der Waals surface area contributed by atoms with Gasteiger partial charge in [-0.05, 0) is 36.2 Å². The van der Waals surface area contributed by atoms with E-state index in [1.807, 2.05) is 17.0 Å². The predicted octanol–water partition coefficient (Wildman–Crippen LogP) is 3.38. The lowest BCUT2D eigenvalue weighted by Gasteiger charge is -2.35. The van der Waals surface area contributed by atoms with Gasteiger partial charge in [0.1, 0.15) is 0 Å². The molecule has 1 heterocycles. The Balaban J connectivity index is 0.00000156. The van der Waals surface area contributed by atoms with Gasteiger partial charge < -0.3 is 10.6 Å². The Hall–Kier alpha value is -1.75. The number of nitrogens with zero attached hydrogens (tertiary/aromatic N) is 2. The largest absolute Gasteiger partial charge is 0.399 e. The minimum atomic E-state index is 0. The molecule has 0 radical (unpaired) electrons. The molecule has 0 spiro atoms. The van der Waals surface area contributed by atoms with Crippen molar-refractivity contribution >= 4 is 36.4 Å². The van der Waals surface area contributed by atoms with Crippen LogP contribution in [0.3, 0.4) is 0 Å². The van der Waals surface area contributed by atoms with Crippen LogP contribution in [0.1, 0.15) is 21.5 Å². The molecule has 1 fully saturated rings. The van der Waals surface area contributed by atoms with Gasteiger partial charge in [0.05, 0.1) is 0 Å². The predicted molar refractivity (Wildman–Crippen MR) is 108 cm³/mol. The van der Waals surface area contributed by atoms with Crippen molar-refractivity contribution in [2.75, 3.05) is 31.9 Å². The summed E-state index contributed by atoms with van der Waals surface area (Å²) in [4.78, 5) is 16.9. The molecule has 1 aliphatic rings. The first-order valence-electron chi connectivity index (χ1n) is 8.05.